The van der Waals surface area contributed by atoms with Crippen molar-refractivity contribution in [3.8, 4) is 0 Å². The summed E-state index contributed by atoms with van der Waals surface area (Å²) < 4.78 is 0. The Hall–Kier alpha value is -0.370. The van der Waals surface area contributed by atoms with Crippen LogP contribution in [0, 0.1) is 11.8 Å². The van der Waals surface area contributed by atoms with Crippen LogP contribution in [0.25, 0.3) is 0 Å². The maximum Gasteiger partial charge on any atom is 0.140 e. The summed E-state index contributed by atoms with van der Waals surface area (Å²) in [6.07, 6.45) is 7.54. The third-order valence-electron chi connectivity index (χ3n) is 4.48. The lowest BCUT2D eigenvalue weighted by Crippen LogP contribution is -2.44. The predicted octanol–water partition coefficient (Wildman–Crippen LogP) is 1.84. The fourth-order valence-corrected chi connectivity index (χ4v) is 3.72. The molecule has 3 aliphatic rings. The van der Waals surface area contributed by atoms with Crippen molar-refractivity contribution < 1.29 is 4.79 Å². The highest BCUT2D eigenvalue weighted by molar-refractivity contribution is 5.86. The second-order valence-corrected chi connectivity index (χ2v) is 5.17. The second-order valence-electron chi connectivity index (χ2n) is 5.17. The fourth-order valence-electron chi connectivity index (χ4n) is 3.72. The van der Waals surface area contributed by atoms with Gasteiger partial charge in [0, 0.05) is 17.9 Å². The average molecular weight is 193 g/mol. The van der Waals surface area contributed by atoms with Gasteiger partial charge in [-0.2, -0.15) is 0 Å². The van der Waals surface area contributed by atoms with Gasteiger partial charge in [0.05, 0.1) is 0 Å². The van der Waals surface area contributed by atoms with Crippen LogP contribution < -0.4 is 0 Å². The predicted molar refractivity (Wildman–Crippen MR) is 55.1 cm³/mol. The van der Waals surface area contributed by atoms with Crippen LogP contribution in [0.4, 0.5) is 0 Å². The van der Waals surface area contributed by atoms with Gasteiger partial charge in [0.15, 0.2) is 0 Å². The van der Waals surface area contributed by atoms with E-state index in [9.17, 15) is 4.79 Å². The normalized spacial score (nSPS) is 43.4. The van der Waals surface area contributed by atoms with Gasteiger partial charge in [-0.3, -0.25) is 9.69 Å². The van der Waals surface area contributed by atoms with Crippen molar-refractivity contribution in [2.45, 2.75) is 44.6 Å². The van der Waals surface area contributed by atoms with Crippen molar-refractivity contribution in [1.82, 2.24) is 4.90 Å². The van der Waals surface area contributed by atoms with Crippen molar-refractivity contribution in [3.63, 3.8) is 0 Å². The third-order valence-corrected chi connectivity index (χ3v) is 4.48. The van der Waals surface area contributed by atoms with Gasteiger partial charge in [-0.15, -0.1) is 0 Å². The lowest BCUT2D eigenvalue weighted by atomic mass is 9.83. The minimum atomic E-state index is 0.423. The van der Waals surface area contributed by atoms with E-state index in [1.165, 1.54) is 51.6 Å². The molecule has 78 valence electrons. The molecule has 2 heteroatoms. The molecule has 1 aliphatic heterocycles. The smallest absolute Gasteiger partial charge is 0.140 e. The summed E-state index contributed by atoms with van der Waals surface area (Å²) in [5, 5.41) is 0. The summed E-state index contributed by atoms with van der Waals surface area (Å²) in [6, 6.07) is 0.628. The zero-order chi connectivity index (χ0) is 9.54. The molecule has 0 aromatic heterocycles. The Morgan fingerprint density at radius 3 is 2.50 bits per heavy atom. The molecule has 0 amide bonds. The standard InChI is InChI=1S/C12H19NO/c14-12-9-3-5-10(12)11(6-4-9)13-7-1-2-8-13/h9-11H,1-8H2/t9-,10-,11-/m0/s1. The monoisotopic (exact) mass is 193 g/mol. The molecule has 3 rings (SSSR count). The van der Waals surface area contributed by atoms with E-state index in [0.29, 0.717) is 23.7 Å². The van der Waals surface area contributed by atoms with Crippen molar-refractivity contribution in [3.05, 3.63) is 0 Å². The molecule has 1 heterocycles. The fraction of sp³-hybridized carbons (Fsp3) is 0.917. The van der Waals surface area contributed by atoms with E-state index in [4.69, 9.17) is 0 Å². The van der Waals surface area contributed by atoms with Gasteiger partial charge < -0.3 is 0 Å². The molecule has 0 aromatic rings. The zero-order valence-electron chi connectivity index (χ0n) is 8.74. The maximum atomic E-state index is 11.9. The average Bonchev–Trinajstić information content (AvgIpc) is 2.76. The number of likely N-dealkylation sites (tertiary alicyclic amines) is 1. The maximum absolute atomic E-state index is 11.9. The Labute approximate surface area is 85.7 Å². The lowest BCUT2D eigenvalue weighted by Gasteiger charge is -2.34. The highest BCUT2D eigenvalue weighted by Gasteiger charge is 2.45. The number of ketones is 1. The Kier molecular flexibility index (Phi) is 2.12. The van der Waals surface area contributed by atoms with Gasteiger partial charge in [-0.1, -0.05) is 0 Å². The highest BCUT2D eigenvalue weighted by Crippen LogP contribution is 2.41. The van der Waals surface area contributed by atoms with Gasteiger partial charge in [0.2, 0.25) is 0 Å². The summed E-state index contributed by atoms with van der Waals surface area (Å²) >= 11 is 0. The van der Waals surface area contributed by atoms with Crippen molar-refractivity contribution in [2.75, 3.05) is 13.1 Å². The molecule has 0 aromatic carbocycles. The first kappa shape index (κ1) is 8.90. The topological polar surface area (TPSA) is 20.3 Å². The van der Waals surface area contributed by atoms with Crippen LogP contribution in [0.15, 0.2) is 0 Å². The van der Waals surface area contributed by atoms with Crippen LogP contribution in [0.3, 0.4) is 0 Å². The molecule has 14 heavy (non-hydrogen) atoms. The van der Waals surface area contributed by atoms with Gasteiger partial charge in [0.1, 0.15) is 5.78 Å². The number of carbonyl (C=O) groups excluding carboxylic acids is 1. The SMILES string of the molecule is O=C1[C@H]2CC[C@H]1[C@@H](N1CCCC1)CC2. The van der Waals surface area contributed by atoms with Crippen LogP contribution in [-0.2, 0) is 4.79 Å². The minimum Gasteiger partial charge on any atom is -0.300 e. The third kappa shape index (κ3) is 1.23. The molecule has 2 aliphatic carbocycles. The van der Waals surface area contributed by atoms with Gasteiger partial charge in [0.25, 0.3) is 0 Å². The second kappa shape index (κ2) is 3.34. The Balaban J connectivity index is 1.76. The number of Topliss-reactive ketones (excluding diaryl/α,β-unsaturated/α-hetero) is 1. The number of nitrogens with zero attached hydrogens (tertiary/aromatic N) is 1. The van der Waals surface area contributed by atoms with Gasteiger partial charge in [-0.05, 0) is 51.6 Å². The van der Waals surface area contributed by atoms with E-state index in [0.717, 1.165) is 0 Å². The van der Waals surface area contributed by atoms with Gasteiger partial charge in [-0.25, -0.2) is 0 Å². The number of hydrogen-bond acceptors (Lipinski definition) is 2. The molecule has 2 saturated carbocycles. The number of rotatable bonds is 1. The summed E-state index contributed by atoms with van der Waals surface area (Å²) in [4.78, 5) is 14.5. The molecule has 0 N–H and O–H groups in total. The number of carbonyl (C=O) groups is 1. The summed E-state index contributed by atoms with van der Waals surface area (Å²) in [5.41, 5.74) is 0. The molecule has 2 nitrogen and oxygen atoms in total. The van der Waals surface area contributed by atoms with Gasteiger partial charge >= 0.3 is 0 Å². The zero-order valence-corrected chi connectivity index (χ0v) is 8.74. The molecule has 3 fully saturated rings. The molecule has 0 unspecified atom stereocenters. The van der Waals surface area contributed by atoms with Crippen LogP contribution >= 0.6 is 0 Å². The van der Waals surface area contributed by atoms with Crippen molar-refractivity contribution in [1.29, 1.82) is 0 Å². The first-order valence-corrected chi connectivity index (χ1v) is 6.14. The molecule has 3 atom stereocenters. The molecule has 0 radical (unpaired) electrons. The Bertz CT molecular complexity index is 245. The molecule has 0 spiro atoms. The van der Waals surface area contributed by atoms with Crippen molar-refractivity contribution >= 4 is 5.78 Å². The number of hydrogen-bond donors (Lipinski definition) is 0. The van der Waals surface area contributed by atoms with E-state index in [1.54, 1.807) is 0 Å². The highest BCUT2D eigenvalue weighted by atomic mass is 16.1. The van der Waals surface area contributed by atoms with E-state index in [2.05, 4.69) is 4.90 Å². The first-order chi connectivity index (χ1) is 6.86. The van der Waals surface area contributed by atoms with E-state index < -0.39 is 0 Å². The quantitative estimate of drug-likeness (QED) is 0.633. The largest absolute Gasteiger partial charge is 0.300 e. The van der Waals surface area contributed by atoms with Crippen LogP contribution in [0.5, 0.6) is 0 Å². The van der Waals surface area contributed by atoms with Crippen LogP contribution in [-0.4, -0.2) is 29.8 Å². The molecular formula is C12H19NO. The van der Waals surface area contributed by atoms with Crippen molar-refractivity contribution in [2.24, 2.45) is 11.8 Å². The van der Waals surface area contributed by atoms with E-state index in [1.807, 2.05) is 0 Å². The number of fused-ring (bicyclic) bond motifs is 2. The van der Waals surface area contributed by atoms with Crippen LogP contribution in [0.2, 0.25) is 0 Å². The Morgan fingerprint density at radius 1 is 1.00 bits per heavy atom. The summed E-state index contributed by atoms with van der Waals surface area (Å²) in [7, 11) is 0. The summed E-state index contributed by atoms with van der Waals surface area (Å²) in [6.45, 7) is 2.50. The molecule has 2 bridgehead atoms. The lowest BCUT2D eigenvalue weighted by molar-refractivity contribution is -0.128. The summed E-state index contributed by atoms with van der Waals surface area (Å²) in [5.74, 6) is 1.49. The molecule has 1 saturated heterocycles. The van der Waals surface area contributed by atoms with E-state index in [-0.39, 0.29) is 0 Å². The van der Waals surface area contributed by atoms with Crippen LogP contribution in [0.1, 0.15) is 38.5 Å². The minimum absolute atomic E-state index is 0.423. The first-order valence-electron chi connectivity index (χ1n) is 6.14. The molecular weight excluding hydrogens is 174 g/mol. The van der Waals surface area contributed by atoms with E-state index >= 15 is 0 Å². The Morgan fingerprint density at radius 2 is 1.71 bits per heavy atom.